The van der Waals surface area contributed by atoms with Crippen LogP contribution in [0.15, 0.2) is 43.1 Å². The molecule has 180 valence electrons. The third kappa shape index (κ3) is 4.45. The van der Waals surface area contributed by atoms with Crippen molar-refractivity contribution in [2.45, 2.75) is 18.9 Å². The average molecular weight is 474 g/mol. The smallest absolute Gasteiger partial charge is 0.226 e. The van der Waals surface area contributed by atoms with Crippen LogP contribution in [-0.4, -0.2) is 61.1 Å². The zero-order chi connectivity index (χ0) is 24.4. The zero-order valence-corrected chi connectivity index (χ0v) is 19.8. The maximum Gasteiger partial charge on any atom is 0.226 e. The number of H-pyrrole nitrogens is 2. The minimum Gasteiger partial charge on any atom is -0.385 e. The number of nitrogens with zero attached hydrogens (tertiary/aromatic N) is 5. The molecule has 11 nitrogen and oxygen atoms in total. The van der Waals surface area contributed by atoms with Crippen LogP contribution in [0.4, 0.5) is 5.82 Å². The number of methoxy groups -OCH3 is 1. The number of ether oxygens (including phenoxy) is 1. The van der Waals surface area contributed by atoms with Gasteiger partial charge in [-0.3, -0.25) is 4.79 Å². The summed E-state index contributed by atoms with van der Waals surface area (Å²) in [6, 6.07) is 7.54. The molecular formula is C24H27N9O2. The Morgan fingerprint density at radius 2 is 2.17 bits per heavy atom. The number of carbonyl (C=O) groups excluding carboxylic acids is 1. The fourth-order valence-electron chi connectivity index (χ4n) is 4.24. The molecule has 0 bridgehead atoms. The molecule has 35 heavy (non-hydrogen) atoms. The minimum absolute atomic E-state index is 0.115. The van der Waals surface area contributed by atoms with E-state index in [-0.39, 0.29) is 18.4 Å². The van der Waals surface area contributed by atoms with Crippen LogP contribution < -0.4 is 10.6 Å². The Bertz CT molecular complexity index is 1470. The van der Waals surface area contributed by atoms with Crippen molar-refractivity contribution >= 4 is 33.8 Å². The first-order valence-electron chi connectivity index (χ1n) is 11.3. The molecule has 0 aliphatic carbocycles. The molecule has 4 N–H and O–H groups in total. The van der Waals surface area contributed by atoms with Crippen LogP contribution in [0.3, 0.4) is 0 Å². The lowest BCUT2D eigenvalue weighted by atomic mass is 10.1. The largest absolute Gasteiger partial charge is 0.385 e. The van der Waals surface area contributed by atoms with E-state index in [0.29, 0.717) is 18.8 Å². The molecule has 1 atom stereocenters. The van der Waals surface area contributed by atoms with Crippen molar-refractivity contribution in [2.24, 2.45) is 7.05 Å². The van der Waals surface area contributed by atoms with Crippen molar-refractivity contribution in [3.63, 3.8) is 0 Å². The highest BCUT2D eigenvalue weighted by Crippen LogP contribution is 2.31. The number of nitrogens with one attached hydrogen (secondary N) is 4. The number of pyridine rings is 2. The van der Waals surface area contributed by atoms with Gasteiger partial charge in [-0.1, -0.05) is 6.07 Å². The van der Waals surface area contributed by atoms with Gasteiger partial charge in [-0.05, 0) is 24.6 Å². The molecule has 0 radical (unpaired) electrons. The number of anilines is 1. The van der Waals surface area contributed by atoms with Crippen molar-refractivity contribution in [1.82, 2.24) is 39.8 Å². The highest BCUT2D eigenvalue weighted by molar-refractivity contribution is 6.07. The number of fused-ring (bicyclic) bond motifs is 3. The first-order chi connectivity index (χ1) is 17.1. The van der Waals surface area contributed by atoms with E-state index in [1.165, 1.54) is 0 Å². The average Bonchev–Trinajstić information content (AvgIpc) is 3.61. The monoisotopic (exact) mass is 473 g/mol. The minimum atomic E-state index is -0.299. The summed E-state index contributed by atoms with van der Waals surface area (Å²) in [7, 11) is 5.44. The predicted octanol–water partition coefficient (Wildman–Crippen LogP) is 2.71. The van der Waals surface area contributed by atoms with E-state index < -0.39 is 0 Å². The predicted molar refractivity (Wildman–Crippen MR) is 133 cm³/mol. The number of amides is 1. The number of imidazole rings is 2. The quantitative estimate of drug-likeness (QED) is 0.258. The van der Waals surface area contributed by atoms with Gasteiger partial charge in [0.1, 0.15) is 11.2 Å². The van der Waals surface area contributed by atoms with Gasteiger partial charge >= 0.3 is 0 Å². The van der Waals surface area contributed by atoms with E-state index >= 15 is 0 Å². The Labute approximate surface area is 201 Å². The van der Waals surface area contributed by atoms with Crippen LogP contribution in [0.2, 0.25) is 0 Å². The molecule has 5 heterocycles. The van der Waals surface area contributed by atoms with Gasteiger partial charge in [-0.25, -0.2) is 19.9 Å². The fraction of sp³-hybridized carbons (Fsp3) is 0.292. The number of hydrogen-bond donors (Lipinski definition) is 4. The Balaban J connectivity index is 1.48. The van der Waals surface area contributed by atoms with Crippen molar-refractivity contribution in [3.05, 3.63) is 54.5 Å². The summed E-state index contributed by atoms with van der Waals surface area (Å²) in [5.74, 6) is 0.596. The van der Waals surface area contributed by atoms with Crippen LogP contribution in [0.5, 0.6) is 0 Å². The zero-order valence-electron chi connectivity index (χ0n) is 19.8. The molecule has 5 rings (SSSR count). The van der Waals surface area contributed by atoms with Crippen LogP contribution in [0.1, 0.15) is 23.9 Å². The number of aromatic amines is 2. The summed E-state index contributed by atoms with van der Waals surface area (Å²) in [6.45, 7) is 0.489. The van der Waals surface area contributed by atoms with Crippen LogP contribution in [0.25, 0.3) is 33.5 Å². The van der Waals surface area contributed by atoms with Gasteiger partial charge in [0, 0.05) is 45.1 Å². The molecule has 0 aliphatic rings. The number of aromatic nitrogens is 7. The Morgan fingerprint density at radius 3 is 2.94 bits per heavy atom. The fourth-order valence-corrected chi connectivity index (χ4v) is 4.24. The van der Waals surface area contributed by atoms with Gasteiger partial charge in [0.15, 0.2) is 5.82 Å². The number of carbonyl (C=O) groups is 1. The van der Waals surface area contributed by atoms with Crippen LogP contribution in [-0.2, 0) is 23.0 Å². The lowest BCUT2D eigenvalue weighted by Gasteiger charge is -2.18. The van der Waals surface area contributed by atoms with E-state index in [4.69, 9.17) is 14.7 Å². The number of rotatable bonds is 9. The second-order valence-electron chi connectivity index (χ2n) is 8.31. The molecule has 0 saturated heterocycles. The third-order valence-electron chi connectivity index (χ3n) is 5.93. The first-order valence-corrected chi connectivity index (χ1v) is 11.3. The van der Waals surface area contributed by atoms with Crippen LogP contribution >= 0.6 is 0 Å². The van der Waals surface area contributed by atoms with Gasteiger partial charge < -0.3 is 29.9 Å². The van der Waals surface area contributed by atoms with Crippen molar-refractivity contribution in [3.8, 4) is 11.4 Å². The molecule has 5 aromatic heterocycles. The molecule has 0 spiro atoms. The van der Waals surface area contributed by atoms with Crippen LogP contribution in [0, 0.1) is 0 Å². The van der Waals surface area contributed by atoms with Crippen molar-refractivity contribution in [2.75, 3.05) is 26.1 Å². The summed E-state index contributed by atoms with van der Waals surface area (Å²) < 4.78 is 7.26. The summed E-state index contributed by atoms with van der Waals surface area (Å²) >= 11 is 0. The molecule has 0 unspecified atom stereocenters. The SMILES string of the molecule is CNc1nc2[nH]c(-c3cccc([C@H](CCOC)NC(=O)Cc4cnc[nH]4)n3)cc2c2c1ncn2C. The molecule has 1 amide bonds. The molecule has 11 heteroatoms. The first kappa shape index (κ1) is 22.5. The summed E-state index contributed by atoms with van der Waals surface area (Å²) in [4.78, 5) is 37.1. The third-order valence-corrected chi connectivity index (χ3v) is 5.93. The number of hydrogen-bond acceptors (Lipinski definition) is 7. The van der Waals surface area contributed by atoms with E-state index in [2.05, 4.69) is 30.6 Å². The summed E-state index contributed by atoms with van der Waals surface area (Å²) in [5.41, 5.74) is 5.65. The lowest BCUT2D eigenvalue weighted by molar-refractivity contribution is -0.121. The van der Waals surface area contributed by atoms with Gasteiger partial charge in [-0.2, -0.15) is 0 Å². The molecule has 5 aromatic rings. The molecule has 0 saturated carbocycles. The normalized spacial score (nSPS) is 12.3. The Kier molecular flexibility index (Phi) is 6.15. The van der Waals surface area contributed by atoms with E-state index in [1.807, 2.05) is 42.9 Å². The van der Waals surface area contributed by atoms with Gasteiger partial charge in [0.2, 0.25) is 5.91 Å². The van der Waals surface area contributed by atoms with Crippen molar-refractivity contribution in [1.29, 1.82) is 0 Å². The second-order valence-corrected chi connectivity index (χ2v) is 8.31. The number of aryl methyl sites for hydroxylation is 1. The van der Waals surface area contributed by atoms with Gasteiger partial charge in [0.25, 0.3) is 0 Å². The standard InChI is InChI=1S/C24H27N9O2/c1-25-24-21-22(33(2)13-28-21)15-10-19(31-23(15)32-24)17-6-4-5-16(29-17)18(7-8-35-3)30-20(34)9-14-11-26-12-27-14/h4-6,10-13,18H,7-9H2,1-3H3,(H,26,27)(H,30,34)(H2,25,31,32)/t18-/m0/s1. The maximum atomic E-state index is 12.7. The summed E-state index contributed by atoms with van der Waals surface area (Å²) in [6.07, 6.45) is 5.79. The Morgan fingerprint density at radius 1 is 1.29 bits per heavy atom. The second kappa shape index (κ2) is 9.55. The molecule has 0 fully saturated rings. The van der Waals surface area contributed by atoms with E-state index in [1.54, 1.807) is 26.0 Å². The highest BCUT2D eigenvalue weighted by atomic mass is 16.5. The molecular weight excluding hydrogens is 446 g/mol. The van der Waals surface area contributed by atoms with E-state index in [9.17, 15) is 4.79 Å². The lowest BCUT2D eigenvalue weighted by Crippen LogP contribution is -2.31. The summed E-state index contributed by atoms with van der Waals surface area (Å²) in [5, 5.41) is 7.17. The topological polar surface area (TPSA) is 138 Å². The van der Waals surface area contributed by atoms with E-state index in [0.717, 1.165) is 44.8 Å². The van der Waals surface area contributed by atoms with Crippen molar-refractivity contribution < 1.29 is 9.53 Å². The molecule has 0 aliphatic heterocycles. The van der Waals surface area contributed by atoms with Gasteiger partial charge in [0.05, 0.1) is 47.7 Å². The van der Waals surface area contributed by atoms with Gasteiger partial charge in [-0.15, -0.1) is 0 Å². The Hall–Kier alpha value is -4.25. The maximum absolute atomic E-state index is 12.7. The highest BCUT2D eigenvalue weighted by Gasteiger charge is 2.19. The molecule has 0 aromatic carbocycles.